The van der Waals surface area contributed by atoms with Gasteiger partial charge in [-0.2, -0.15) is 0 Å². The minimum Gasteiger partial charge on any atom is -0.512 e. The SMILES string of the molecule is CC(=O)/C=C(/C)O.Cc1ccc2nc(-c3[c-]ccc(C)c3C)ccc2c1.[Ir]. The van der Waals surface area contributed by atoms with Gasteiger partial charge >= 0.3 is 0 Å². The molecule has 0 saturated carbocycles. The summed E-state index contributed by atoms with van der Waals surface area (Å²) in [5.74, 6) is -0.0625. The summed E-state index contributed by atoms with van der Waals surface area (Å²) >= 11 is 0. The quantitative estimate of drug-likeness (QED) is 0.260. The van der Waals surface area contributed by atoms with Gasteiger partial charge in [-0.25, -0.2) is 0 Å². The Morgan fingerprint density at radius 3 is 2.37 bits per heavy atom. The first-order valence-electron chi connectivity index (χ1n) is 8.51. The number of benzene rings is 2. The van der Waals surface area contributed by atoms with Crippen LogP contribution in [0.4, 0.5) is 0 Å². The molecule has 0 atom stereocenters. The number of aromatic nitrogens is 1. The average molecular weight is 539 g/mol. The summed E-state index contributed by atoms with van der Waals surface area (Å²) in [5.41, 5.74) is 6.93. The van der Waals surface area contributed by atoms with Gasteiger partial charge in [0.05, 0.1) is 11.3 Å². The van der Waals surface area contributed by atoms with Gasteiger partial charge in [0.15, 0.2) is 5.78 Å². The third-order valence-electron chi connectivity index (χ3n) is 4.04. The van der Waals surface area contributed by atoms with Crippen molar-refractivity contribution < 1.29 is 30.0 Å². The fourth-order valence-electron chi connectivity index (χ4n) is 2.62. The van der Waals surface area contributed by atoms with Crippen molar-refractivity contribution >= 4 is 16.7 Å². The second-order valence-electron chi connectivity index (χ2n) is 6.45. The fourth-order valence-corrected chi connectivity index (χ4v) is 2.62. The van der Waals surface area contributed by atoms with Crippen LogP contribution in [0.2, 0.25) is 0 Å². The van der Waals surface area contributed by atoms with Crippen LogP contribution in [0.3, 0.4) is 0 Å². The van der Waals surface area contributed by atoms with Gasteiger partial charge in [-0.3, -0.25) is 9.78 Å². The topological polar surface area (TPSA) is 50.2 Å². The van der Waals surface area contributed by atoms with Crippen LogP contribution in [-0.4, -0.2) is 15.9 Å². The number of allylic oxidation sites excluding steroid dienone is 2. The van der Waals surface area contributed by atoms with Gasteiger partial charge in [0.25, 0.3) is 0 Å². The molecule has 0 bridgehead atoms. The van der Waals surface area contributed by atoms with Crippen LogP contribution >= 0.6 is 0 Å². The second kappa shape index (κ2) is 10.1. The van der Waals surface area contributed by atoms with Crippen LogP contribution in [0.15, 0.2) is 54.3 Å². The normalized spacial score (nSPS) is 10.6. The molecule has 0 saturated heterocycles. The van der Waals surface area contributed by atoms with E-state index in [1.807, 2.05) is 6.07 Å². The molecule has 3 aromatic rings. The number of carbonyl (C=O) groups is 1. The van der Waals surface area contributed by atoms with Crippen LogP contribution < -0.4 is 0 Å². The third kappa shape index (κ3) is 6.42. The van der Waals surface area contributed by atoms with Crippen molar-refractivity contribution in [3.8, 4) is 11.3 Å². The molecule has 0 unspecified atom stereocenters. The van der Waals surface area contributed by atoms with E-state index in [0.29, 0.717) is 0 Å². The van der Waals surface area contributed by atoms with Crippen LogP contribution in [0.5, 0.6) is 0 Å². The Labute approximate surface area is 174 Å². The molecule has 143 valence electrons. The number of aryl methyl sites for hydroxylation is 2. The van der Waals surface area contributed by atoms with Crippen LogP contribution in [-0.2, 0) is 24.9 Å². The summed E-state index contributed by atoms with van der Waals surface area (Å²) in [4.78, 5) is 14.8. The molecule has 2 aromatic carbocycles. The van der Waals surface area contributed by atoms with Crippen molar-refractivity contribution in [1.82, 2.24) is 4.98 Å². The molecule has 1 aromatic heterocycles. The molecule has 0 fully saturated rings. The molecular formula is C23H24IrNO2-. The van der Waals surface area contributed by atoms with Gasteiger partial charge in [0, 0.05) is 26.2 Å². The average Bonchev–Trinajstić information content (AvgIpc) is 2.56. The maximum absolute atomic E-state index is 10.0. The number of nitrogens with zero attached hydrogens (tertiary/aromatic N) is 1. The number of aliphatic hydroxyl groups is 1. The summed E-state index contributed by atoms with van der Waals surface area (Å²) in [6.45, 7) is 9.20. The minimum absolute atomic E-state index is 0. The molecule has 27 heavy (non-hydrogen) atoms. The van der Waals surface area contributed by atoms with E-state index < -0.39 is 0 Å². The fraction of sp³-hybridized carbons (Fsp3) is 0.217. The molecule has 1 heterocycles. The van der Waals surface area contributed by atoms with E-state index in [0.717, 1.165) is 16.8 Å². The van der Waals surface area contributed by atoms with E-state index in [-0.39, 0.29) is 31.6 Å². The largest absolute Gasteiger partial charge is 0.512 e. The predicted molar refractivity (Wildman–Crippen MR) is 107 cm³/mol. The smallest absolute Gasteiger partial charge is 0.155 e. The van der Waals surface area contributed by atoms with Gasteiger partial charge in [0.2, 0.25) is 0 Å². The van der Waals surface area contributed by atoms with E-state index in [1.165, 1.54) is 42.0 Å². The zero-order chi connectivity index (χ0) is 19.3. The standard InChI is InChI=1S/C18H16N.C5H8O2.Ir/c1-12-7-9-17-15(11-12)8-10-18(19-17)16-6-4-5-13(2)14(16)3;1-4(6)3-5(2)7;/h4-5,7-11H,1-3H3;3,6H,1-2H3;/q-1;;/b;4-3-;. The summed E-state index contributed by atoms with van der Waals surface area (Å²) < 4.78 is 0. The van der Waals surface area contributed by atoms with Gasteiger partial charge < -0.3 is 5.11 Å². The van der Waals surface area contributed by atoms with E-state index >= 15 is 0 Å². The molecule has 0 spiro atoms. The maximum atomic E-state index is 10.0. The van der Waals surface area contributed by atoms with Crippen LogP contribution in [0, 0.1) is 26.8 Å². The number of aliphatic hydroxyl groups excluding tert-OH is 1. The van der Waals surface area contributed by atoms with Gasteiger partial charge in [-0.1, -0.05) is 37.6 Å². The monoisotopic (exact) mass is 539 g/mol. The molecular weight excluding hydrogens is 514 g/mol. The van der Waals surface area contributed by atoms with Crippen molar-refractivity contribution in [2.75, 3.05) is 0 Å². The van der Waals surface area contributed by atoms with Gasteiger partial charge in [-0.05, 0) is 44.0 Å². The number of fused-ring (bicyclic) bond motifs is 1. The van der Waals surface area contributed by atoms with E-state index in [9.17, 15) is 4.79 Å². The minimum atomic E-state index is -0.125. The zero-order valence-corrected chi connectivity index (χ0v) is 18.6. The Morgan fingerprint density at radius 1 is 1.07 bits per heavy atom. The van der Waals surface area contributed by atoms with Crippen LogP contribution in [0.1, 0.15) is 30.5 Å². The number of ketones is 1. The Morgan fingerprint density at radius 2 is 1.78 bits per heavy atom. The summed E-state index contributed by atoms with van der Waals surface area (Å²) in [6.07, 6.45) is 1.17. The zero-order valence-electron chi connectivity index (χ0n) is 16.3. The first kappa shape index (κ1) is 22.7. The molecule has 0 aliphatic heterocycles. The van der Waals surface area contributed by atoms with Crippen molar-refractivity contribution in [3.63, 3.8) is 0 Å². The number of rotatable bonds is 2. The van der Waals surface area contributed by atoms with Crippen LogP contribution in [0.25, 0.3) is 22.2 Å². The molecule has 4 heteroatoms. The Hall–Kier alpha value is -2.29. The number of hydrogen-bond donors (Lipinski definition) is 1. The summed E-state index contributed by atoms with van der Waals surface area (Å²) in [6, 6.07) is 17.9. The third-order valence-corrected chi connectivity index (χ3v) is 4.04. The Bertz CT molecular complexity index is 973. The molecule has 0 aliphatic carbocycles. The Balaban J connectivity index is 0.000000395. The predicted octanol–water partition coefficient (Wildman–Crippen LogP) is 5.66. The molecule has 1 N–H and O–H groups in total. The van der Waals surface area contributed by atoms with Crippen molar-refractivity contribution in [1.29, 1.82) is 0 Å². The summed E-state index contributed by atoms with van der Waals surface area (Å²) in [5, 5.41) is 9.55. The number of pyridine rings is 1. The molecule has 1 radical (unpaired) electrons. The second-order valence-corrected chi connectivity index (χ2v) is 6.45. The number of carbonyl (C=O) groups excluding carboxylic acids is 1. The van der Waals surface area contributed by atoms with E-state index in [1.54, 1.807) is 0 Å². The maximum Gasteiger partial charge on any atom is 0.155 e. The van der Waals surface area contributed by atoms with E-state index in [2.05, 4.69) is 63.2 Å². The summed E-state index contributed by atoms with van der Waals surface area (Å²) in [7, 11) is 0. The van der Waals surface area contributed by atoms with E-state index in [4.69, 9.17) is 10.1 Å². The van der Waals surface area contributed by atoms with Crippen molar-refractivity contribution in [2.45, 2.75) is 34.6 Å². The molecule has 0 amide bonds. The molecule has 0 aliphatic rings. The first-order chi connectivity index (χ1) is 12.3. The first-order valence-corrected chi connectivity index (χ1v) is 8.51. The van der Waals surface area contributed by atoms with Crippen molar-refractivity contribution in [3.05, 3.63) is 77.1 Å². The molecule has 3 rings (SSSR count). The molecule has 3 nitrogen and oxygen atoms in total. The van der Waals surface area contributed by atoms with Gasteiger partial charge in [0.1, 0.15) is 0 Å². The van der Waals surface area contributed by atoms with Crippen molar-refractivity contribution in [2.24, 2.45) is 0 Å². The van der Waals surface area contributed by atoms with Gasteiger partial charge in [-0.15, -0.1) is 34.9 Å². The number of hydrogen-bond acceptors (Lipinski definition) is 3. The Kier molecular flexibility index (Phi) is 8.55.